The highest BCUT2D eigenvalue weighted by Gasteiger charge is 2.15. The number of hydrogen-bond donors (Lipinski definition) is 1. The molecule has 0 aliphatic rings. The Morgan fingerprint density at radius 3 is 2.76 bits per heavy atom. The molecule has 130 valence electrons. The van der Waals surface area contributed by atoms with Crippen LogP contribution >= 0.6 is 0 Å². The van der Waals surface area contributed by atoms with Gasteiger partial charge >= 0.3 is 0 Å². The van der Waals surface area contributed by atoms with Gasteiger partial charge in [0.1, 0.15) is 5.82 Å². The van der Waals surface area contributed by atoms with E-state index in [-0.39, 0.29) is 5.91 Å². The molecule has 1 aromatic carbocycles. The van der Waals surface area contributed by atoms with E-state index in [0.717, 1.165) is 35.4 Å². The van der Waals surface area contributed by atoms with E-state index in [1.165, 1.54) is 0 Å². The van der Waals surface area contributed by atoms with E-state index in [9.17, 15) is 4.79 Å². The van der Waals surface area contributed by atoms with E-state index in [0.29, 0.717) is 18.2 Å². The molecule has 0 unspecified atom stereocenters. The van der Waals surface area contributed by atoms with E-state index >= 15 is 0 Å². The summed E-state index contributed by atoms with van der Waals surface area (Å²) in [7, 11) is 0. The largest absolute Gasteiger partial charge is 0.346 e. The van der Waals surface area contributed by atoms with Gasteiger partial charge in [-0.15, -0.1) is 0 Å². The van der Waals surface area contributed by atoms with Crippen molar-refractivity contribution in [1.29, 1.82) is 0 Å². The molecular formula is C20H24N4O. The molecule has 0 saturated heterocycles. The summed E-state index contributed by atoms with van der Waals surface area (Å²) in [5, 5.41) is 2.93. The maximum atomic E-state index is 12.5. The number of benzene rings is 1. The lowest BCUT2D eigenvalue weighted by Crippen LogP contribution is -2.23. The number of nitrogens with one attached hydrogen (secondary N) is 1. The number of imidazole rings is 1. The monoisotopic (exact) mass is 336 g/mol. The van der Waals surface area contributed by atoms with Gasteiger partial charge in [0, 0.05) is 24.2 Å². The topological polar surface area (TPSA) is 59.8 Å². The lowest BCUT2D eigenvalue weighted by molar-refractivity contribution is 0.0950. The third kappa shape index (κ3) is 3.71. The van der Waals surface area contributed by atoms with Gasteiger partial charge in [-0.3, -0.25) is 9.78 Å². The van der Waals surface area contributed by atoms with Gasteiger partial charge in [-0.25, -0.2) is 4.98 Å². The van der Waals surface area contributed by atoms with Gasteiger partial charge in [-0.05, 0) is 50.6 Å². The first-order valence-corrected chi connectivity index (χ1v) is 8.79. The van der Waals surface area contributed by atoms with Crippen molar-refractivity contribution in [2.45, 2.75) is 46.2 Å². The molecule has 0 saturated carbocycles. The van der Waals surface area contributed by atoms with Gasteiger partial charge in [0.15, 0.2) is 0 Å². The highest BCUT2D eigenvalue weighted by Crippen LogP contribution is 2.23. The van der Waals surface area contributed by atoms with Crippen molar-refractivity contribution in [3.63, 3.8) is 0 Å². The number of carbonyl (C=O) groups is 1. The minimum absolute atomic E-state index is 0.0962. The molecule has 2 heterocycles. The van der Waals surface area contributed by atoms with Crippen LogP contribution in [0, 0.1) is 0 Å². The predicted octanol–water partition coefficient (Wildman–Crippen LogP) is 3.89. The molecular weight excluding hydrogens is 312 g/mol. The highest BCUT2D eigenvalue weighted by molar-refractivity contribution is 5.97. The Labute approximate surface area is 148 Å². The minimum Gasteiger partial charge on any atom is -0.346 e. The number of rotatable bonds is 6. The van der Waals surface area contributed by atoms with Crippen LogP contribution in [0.1, 0.15) is 55.1 Å². The highest BCUT2D eigenvalue weighted by atomic mass is 16.1. The van der Waals surface area contributed by atoms with Crippen LogP contribution in [0.25, 0.3) is 11.0 Å². The summed E-state index contributed by atoms with van der Waals surface area (Å²) in [6, 6.07) is 11.7. The fourth-order valence-electron chi connectivity index (χ4n) is 3.04. The molecule has 5 nitrogen and oxygen atoms in total. The molecule has 1 N–H and O–H groups in total. The fourth-order valence-corrected chi connectivity index (χ4v) is 3.04. The third-order valence-corrected chi connectivity index (χ3v) is 4.17. The van der Waals surface area contributed by atoms with Gasteiger partial charge in [-0.1, -0.05) is 13.0 Å². The first-order valence-electron chi connectivity index (χ1n) is 8.79. The Kier molecular flexibility index (Phi) is 5.12. The third-order valence-electron chi connectivity index (χ3n) is 4.17. The lowest BCUT2D eigenvalue weighted by Gasteiger charge is -2.13. The van der Waals surface area contributed by atoms with E-state index in [1.54, 1.807) is 6.20 Å². The van der Waals surface area contributed by atoms with Crippen LogP contribution in [0.3, 0.4) is 0 Å². The number of nitrogens with zero attached hydrogens (tertiary/aromatic N) is 3. The molecule has 0 fully saturated rings. The zero-order valence-electron chi connectivity index (χ0n) is 15.0. The number of fused-ring (bicyclic) bond motifs is 1. The van der Waals surface area contributed by atoms with Crippen molar-refractivity contribution in [2.24, 2.45) is 0 Å². The second kappa shape index (κ2) is 7.47. The lowest BCUT2D eigenvalue weighted by atomic mass is 10.1. The number of carbonyl (C=O) groups excluding carboxylic acids is 1. The van der Waals surface area contributed by atoms with Crippen molar-refractivity contribution in [3.8, 4) is 0 Å². The average Bonchev–Trinajstić information content (AvgIpc) is 2.98. The first kappa shape index (κ1) is 17.1. The Morgan fingerprint density at radius 2 is 2.08 bits per heavy atom. The molecule has 0 aliphatic heterocycles. The standard InChI is InChI=1S/C20H24N4O/c1-4-7-19-23-17-10-9-15(12-18(17)24(19)14(2)3)20(25)22-13-16-8-5-6-11-21-16/h5-6,8-12,14H,4,7,13H2,1-3H3,(H,22,25). The molecule has 0 bridgehead atoms. The van der Waals surface area contributed by atoms with Crippen molar-refractivity contribution < 1.29 is 4.79 Å². The minimum atomic E-state index is -0.0962. The first-order chi connectivity index (χ1) is 12.1. The van der Waals surface area contributed by atoms with Crippen LogP contribution in [0.5, 0.6) is 0 Å². The average molecular weight is 336 g/mol. The SMILES string of the molecule is CCCc1nc2ccc(C(=O)NCc3ccccn3)cc2n1C(C)C. The smallest absolute Gasteiger partial charge is 0.251 e. The van der Waals surface area contributed by atoms with Crippen molar-refractivity contribution in [2.75, 3.05) is 0 Å². The fraction of sp³-hybridized carbons (Fsp3) is 0.350. The summed E-state index contributed by atoms with van der Waals surface area (Å²) in [6.45, 7) is 6.87. The molecule has 2 aromatic heterocycles. The molecule has 3 aromatic rings. The van der Waals surface area contributed by atoms with Crippen molar-refractivity contribution >= 4 is 16.9 Å². The number of aryl methyl sites for hydroxylation is 1. The van der Waals surface area contributed by atoms with Crippen molar-refractivity contribution in [3.05, 3.63) is 59.7 Å². The summed E-state index contributed by atoms with van der Waals surface area (Å²) in [4.78, 5) is 21.5. The van der Waals surface area contributed by atoms with Gasteiger partial charge in [-0.2, -0.15) is 0 Å². The normalized spacial score (nSPS) is 11.2. The second-order valence-electron chi connectivity index (χ2n) is 6.45. The van der Waals surface area contributed by atoms with E-state index in [2.05, 4.69) is 35.6 Å². The zero-order chi connectivity index (χ0) is 17.8. The summed E-state index contributed by atoms with van der Waals surface area (Å²) in [5.41, 5.74) is 3.45. The van der Waals surface area contributed by atoms with Crippen LogP contribution in [0.4, 0.5) is 0 Å². The van der Waals surface area contributed by atoms with Gasteiger partial charge < -0.3 is 9.88 Å². The summed E-state index contributed by atoms with van der Waals surface area (Å²) in [6.07, 6.45) is 3.71. The molecule has 5 heteroatoms. The van der Waals surface area contributed by atoms with Crippen LogP contribution in [-0.2, 0) is 13.0 Å². The summed E-state index contributed by atoms with van der Waals surface area (Å²) in [5.74, 6) is 0.986. The summed E-state index contributed by atoms with van der Waals surface area (Å²) >= 11 is 0. The maximum Gasteiger partial charge on any atom is 0.251 e. The van der Waals surface area contributed by atoms with Gasteiger partial charge in [0.05, 0.1) is 23.3 Å². The Balaban J connectivity index is 1.86. The quantitative estimate of drug-likeness (QED) is 0.743. The van der Waals surface area contributed by atoms with E-state index in [4.69, 9.17) is 4.98 Å². The number of aromatic nitrogens is 3. The van der Waals surface area contributed by atoms with Gasteiger partial charge in [0.2, 0.25) is 0 Å². The van der Waals surface area contributed by atoms with Gasteiger partial charge in [0.25, 0.3) is 5.91 Å². The Morgan fingerprint density at radius 1 is 1.24 bits per heavy atom. The van der Waals surface area contributed by atoms with Crippen molar-refractivity contribution in [1.82, 2.24) is 19.9 Å². The molecule has 25 heavy (non-hydrogen) atoms. The number of hydrogen-bond acceptors (Lipinski definition) is 3. The van der Waals surface area contributed by atoms with E-state index in [1.807, 2.05) is 36.4 Å². The van der Waals surface area contributed by atoms with Crippen LogP contribution < -0.4 is 5.32 Å². The molecule has 1 amide bonds. The zero-order valence-corrected chi connectivity index (χ0v) is 15.0. The molecule has 0 aliphatic carbocycles. The number of pyridine rings is 1. The second-order valence-corrected chi connectivity index (χ2v) is 6.45. The molecule has 0 spiro atoms. The summed E-state index contributed by atoms with van der Waals surface area (Å²) < 4.78 is 2.23. The predicted molar refractivity (Wildman–Crippen MR) is 99.5 cm³/mol. The van der Waals surface area contributed by atoms with Crippen LogP contribution in [0.15, 0.2) is 42.6 Å². The van der Waals surface area contributed by atoms with Crippen LogP contribution in [-0.4, -0.2) is 20.4 Å². The molecule has 3 rings (SSSR count). The van der Waals surface area contributed by atoms with Crippen LogP contribution in [0.2, 0.25) is 0 Å². The van der Waals surface area contributed by atoms with E-state index < -0.39 is 0 Å². The maximum absolute atomic E-state index is 12.5. The Hall–Kier alpha value is -2.69. The number of amides is 1. The molecule has 0 atom stereocenters. The molecule has 0 radical (unpaired) electrons. The Bertz CT molecular complexity index is 868.